The number of nitrogens with zero attached hydrogens (tertiary/aromatic N) is 1. The van der Waals surface area contributed by atoms with E-state index in [2.05, 4.69) is 0 Å². The Morgan fingerprint density at radius 3 is 2.61 bits per heavy atom. The van der Waals surface area contributed by atoms with Crippen LogP contribution in [0.15, 0.2) is 35.3 Å². The Morgan fingerprint density at radius 1 is 1.17 bits per heavy atom. The first-order valence-corrected chi connectivity index (χ1v) is 8.70. The summed E-state index contributed by atoms with van der Waals surface area (Å²) in [5, 5.41) is 2.02. The zero-order chi connectivity index (χ0) is 16.0. The molecule has 2 aromatic rings. The van der Waals surface area contributed by atoms with Crippen molar-refractivity contribution in [2.75, 3.05) is 0 Å². The normalized spacial score (nSPS) is 28.0. The Hall–Kier alpha value is -1.52. The lowest BCUT2D eigenvalue weighted by Crippen LogP contribution is -2.48. The van der Waals surface area contributed by atoms with Crippen molar-refractivity contribution in [3.8, 4) is 0 Å². The van der Waals surface area contributed by atoms with E-state index in [9.17, 15) is 4.79 Å². The highest BCUT2D eigenvalue weighted by molar-refractivity contribution is 6.31. The van der Waals surface area contributed by atoms with Gasteiger partial charge in [0.1, 0.15) is 6.10 Å². The Balaban J connectivity index is 1.52. The van der Waals surface area contributed by atoms with Gasteiger partial charge < -0.3 is 10.6 Å². The number of rotatable bonds is 3. The molecule has 1 aromatic carbocycles. The molecular formula is C18H21ClN2O2. The van der Waals surface area contributed by atoms with Crippen LogP contribution < -0.4 is 16.1 Å². The van der Waals surface area contributed by atoms with E-state index in [1.54, 1.807) is 18.3 Å². The minimum atomic E-state index is -0.156. The molecule has 0 atom stereocenters. The van der Waals surface area contributed by atoms with Gasteiger partial charge in [0.25, 0.3) is 5.56 Å². The molecule has 2 saturated carbocycles. The molecule has 5 heteroatoms. The number of halogens is 1. The third-order valence-electron chi connectivity index (χ3n) is 5.35. The molecule has 0 bridgehead atoms. The molecule has 0 aliphatic heterocycles. The second kappa shape index (κ2) is 5.53. The van der Waals surface area contributed by atoms with Gasteiger partial charge in [-0.25, -0.2) is 0 Å². The molecule has 2 N–H and O–H groups in total. The van der Waals surface area contributed by atoms with Crippen molar-refractivity contribution in [1.29, 1.82) is 0 Å². The highest BCUT2D eigenvalue weighted by atomic mass is 35.5. The summed E-state index contributed by atoms with van der Waals surface area (Å²) in [4.78, 5) is 18.5. The van der Waals surface area contributed by atoms with E-state index >= 15 is 0 Å². The number of benzene rings is 1. The lowest BCUT2D eigenvalue weighted by Gasteiger charge is -2.37. The summed E-state index contributed by atoms with van der Waals surface area (Å²) < 4.78 is 1.35. The number of pyridine rings is 1. The third-order valence-corrected chi connectivity index (χ3v) is 5.59. The van der Waals surface area contributed by atoms with E-state index in [1.165, 1.54) is 17.6 Å². The minimum absolute atomic E-state index is 0.00172. The van der Waals surface area contributed by atoms with Crippen LogP contribution in [0.3, 0.4) is 0 Å². The molecule has 4 nitrogen and oxygen atoms in total. The predicted molar refractivity (Wildman–Crippen MR) is 91.7 cm³/mol. The summed E-state index contributed by atoms with van der Waals surface area (Å²) in [6, 6.07) is 7.21. The van der Waals surface area contributed by atoms with Crippen LogP contribution in [-0.4, -0.2) is 16.4 Å². The van der Waals surface area contributed by atoms with Crippen molar-refractivity contribution in [3.05, 3.63) is 45.8 Å². The van der Waals surface area contributed by atoms with Gasteiger partial charge in [-0.15, -0.1) is 0 Å². The first kappa shape index (κ1) is 15.0. The highest BCUT2D eigenvalue weighted by Gasteiger charge is 2.44. The van der Waals surface area contributed by atoms with Gasteiger partial charge in [-0.1, -0.05) is 17.7 Å². The van der Waals surface area contributed by atoms with Crippen LogP contribution in [-0.2, 0) is 0 Å². The number of hydrogen-bond donors (Lipinski definition) is 1. The Kier molecular flexibility index (Phi) is 3.62. The molecule has 1 heterocycles. The predicted octanol–water partition coefficient (Wildman–Crippen LogP) is 3.13. The van der Waals surface area contributed by atoms with Crippen molar-refractivity contribution < 1.29 is 4.84 Å². The first-order valence-electron chi connectivity index (χ1n) is 8.32. The van der Waals surface area contributed by atoms with Gasteiger partial charge in [0.2, 0.25) is 0 Å². The lowest BCUT2D eigenvalue weighted by atomic mass is 9.78. The molecule has 0 amide bonds. The van der Waals surface area contributed by atoms with Crippen LogP contribution in [0.5, 0.6) is 0 Å². The summed E-state index contributed by atoms with van der Waals surface area (Å²) >= 11 is 6.00. The number of hydrogen-bond acceptors (Lipinski definition) is 3. The molecule has 4 rings (SSSR count). The average molecular weight is 333 g/mol. The van der Waals surface area contributed by atoms with Gasteiger partial charge in [0.05, 0.1) is 5.39 Å². The fraction of sp³-hybridized carbons (Fsp3) is 0.500. The Labute approximate surface area is 140 Å². The van der Waals surface area contributed by atoms with Crippen molar-refractivity contribution in [1.82, 2.24) is 4.73 Å². The number of fused-ring (bicyclic) bond motifs is 1. The van der Waals surface area contributed by atoms with Crippen molar-refractivity contribution in [3.63, 3.8) is 0 Å². The highest BCUT2D eigenvalue weighted by Crippen LogP contribution is 2.45. The zero-order valence-electron chi connectivity index (χ0n) is 13.0. The molecule has 1 aromatic heterocycles. The minimum Gasteiger partial charge on any atom is -0.408 e. The molecule has 0 radical (unpaired) electrons. The summed E-state index contributed by atoms with van der Waals surface area (Å²) in [7, 11) is 0. The summed E-state index contributed by atoms with van der Waals surface area (Å²) in [5.41, 5.74) is 6.35. The molecule has 2 fully saturated rings. The maximum absolute atomic E-state index is 12.6. The van der Waals surface area contributed by atoms with Gasteiger partial charge in [-0.2, -0.15) is 4.73 Å². The van der Waals surface area contributed by atoms with E-state index < -0.39 is 0 Å². The van der Waals surface area contributed by atoms with Gasteiger partial charge in [0, 0.05) is 16.8 Å². The van der Waals surface area contributed by atoms with E-state index in [1.807, 2.05) is 12.1 Å². The summed E-state index contributed by atoms with van der Waals surface area (Å²) in [5.74, 6) is 0.703. The average Bonchev–Trinajstić information content (AvgIpc) is 3.38. The maximum Gasteiger partial charge on any atom is 0.290 e. The zero-order valence-corrected chi connectivity index (χ0v) is 13.8. The van der Waals surface area contributed by atoms with Gasteiger partial charge in [0.15, 0.2) is 0 Å². The summed E-state index contributed by atoms with van der Waals surface area (Å²) in [6.45, 7) is 0. The molecule has 122 valence electrons. The Morgan fingerprint density at radius 2 is 1.91 bits per heavy atom. The quantitative estimate of drug-likeness (QED) is 0.939. The molecule has 23 heavy (non-hydrogen) atoms. The van der Waals surface area contributed by atoms with Crippen LogP contribution in [0.4, 0.5) is 0 Å². The van der Waals surface area contributed by atoms with Crippen LogP contribution >= 0.6 is 11.6 Å². The molecular weight excluding hydrogens is 312 g/mol. The van der Waals surface area contributed by atoms with E-state index in [-0.39, 0.29) is 17.2 Å². The first-order chi connectivity index (χ1) is 11.0. The molecule has 0 saturated heterocycles. The van der Waals surface area contributed by atoms with Crippen molar-refractivity contribution >= 4 is 22.4 Å². The standard InChI is InChI=1S/C18H21ClN2O2/c19-14-4-1-12-7-10-21(17(22)16(12)11-14)23-15-5-8-18(20,9-6-15)13-2-3-13/h1,4,7,10-11,13,15H,2-3,5-6,8-9,20H2. The maximum atomic E-state index is 12.6. The van der Waals surface area contributed by atoms with Gasteiger partial charge >= 0.3 is 0 Å². The number of aromatic nitrogens is 1. The molecule has 0 unspecified atom stereocenters. The second-order valence-electron chi connectivity index (χ2n) is 6.99. The molecule has 0 spiro atoms. The Bertz CT molecular complexity index is 789. The van der Waals surface area contributed by atoms with E-state index in [0.29, 0.717) is 16.3 Å². The van der Waals surface area contributed by atoms with Crippen LogP contribution in [0.2, 0.25) is 5.02 Å². The topological polar surface area (TPSA) is 57.2 Å². The van der Waals surface area contributed by atoms with Gasteiger partial charge in [-0.3, -0.25) is 4.79 Å². The molecule has 2 aliphatic rings. The monoisotopic (exact) mass is 332 g/mol. The van der Waals surface area contributed by atoms with E-state index in [4.69, 9.17) is 22.2 Å². The lowest BCUT2D eigenvalue weighted by molar-refractivity contribution is -0.00518. The fourth-order valence-electron chi connectivity index (χ4n) is 3.74. The van der Waals surface area contributed by atoms with Crippen LogP contribution in [0.25, 0.3) is 10.8 Å². The van der Waals surface area contributed by atoms with Crippen molar-refractivity contribution in [2.45, 2.75) is 50.2 Å². The smallest absolute Gasteiger partial charge is 0.290 e. The van der Waals surface area contributed by atoms with Crippen LogP contribution in [0, 0.1) is 5.92 Å². The number of nitrogens with two attached hydrogens (primary N) is 1. The fourth-order valence-corrected chi connectivity index (χ4v) is 3.91. The van der Waals surface area contributed by atoms with Crippen molar-refractivity contribution in [2.24, 2.45) is 11.7 Å². The largest absolute Gasteiger partial charge is 0.408 e. The molecule has 2 aliphatic carbocycles. The second-order valence-corrected chi connectivity index (χ2v) is 7.43. The summed E-state index contributed by atoms with van der Waals surface area (Å²) in [6.07, 6.45) is 8.08. The SMILES string of the molecule is NC1(C2CC2)CCC(On2ccc3ccc(Cl)cc3c2=O)CC1. The third kappa shape index (κ3) is 2.86. The van der Waals surface area contributed by atoms with Crippen LogP contribution in [0.1, 0.15) is 38.5 Å². The van der Waals surface area contributed by atoms with Gasteiger partial charge in [-0.05, 0) is 68.0 Å². The van der Waals surface area contributed by atoms with E-state index in [0.717, 1.165) is 31.1 Å².